The minimum absolute atomic E-state index is 0.636. The van der Waals surface area contributed by atoms with E-state index in [9.17, 15) is 0 Å². The van der Waals surface area contributed by atoms with Crippen LogP contribution in [-0.4, -0.2) is 4.98 Å². The molecule has 1 aromatic heterocycles. The second kappa shape index (κ2) is 2.25. The summed E-state index contributed by atoms with van der Waals surface area (Å²) in [7, 11) is 0. The van der Waals surface area contributed by atoms with Crippen LogP contribution in [0.1, 0.15) is 4.88 Å². The lowest BCUT2D eigenvalue weighted by Crippen LogP contribution is -1.54. The van der Waals surface area contributed by atoms with Crippen LogP contribution in [0.15, 0.2) is 10.1 Å². The van der Waals surface area contributed by atoms with Crippen LogP contribution >= 0.6 is 27.3 Å². The molecule has 2 nitrogen and oxygen atoms in total. The highest BCUT2D eigenvalue weighted by atomic mass is 79.9. The summed E-state index contributed by atoms with van der Waals surface area (Å²) < 4.78 is 0.758. The molecular formula is C4HBrN2S. The molecule has 0 aliphatic heterocycles. The lowest BCUT2D eigenvalue weighted by Gasteiger charge is -1.64. The zero-order valence-corrected chi connectivity index (χ0v) is 6.16. The van der Waals surface area contributed by atoms with Gasteiger partial charge in [-0.25, -0.2) is 4.98 Å². The van der Waals surface area contributed by atoms with Gasteiger partial charge in [-0.2, -0.15) is 5.26 Å². The van der Waals surface area contributed by atoms with Gasteiger partial charge in [-0.3, -0.25) is 0 Å². The van der Waals surface area contributed by atoms with Crippen LogP contribution < -0.4 is 0 Å². The predicted octanol–water partition coefficient (Wildman–Crippen LogP) is 1.78. The van der Waals surface area contributed by atoms with Gasteiger partial charge in [0, 0.05) is 0 Å². The van der Waals surface area contributed by atoms with E-state index in [0.29, 0.717) is 4.88 Å². The number of aromatic nitrogens is 1. The van der Waals surface area contributed by atoms with Crippen molar-refractivity contribution in [1.82, 2.24) is 4.98 Å². The summed E-state index contributed by atoms with van der Waals surface area (Å²) in [5, 5.41) is 8.25. The average molecular weight is 189 g/mol. The third kappa shape index (κ3) is 1.05. The van der Waals surface area contributed by atoms with Gasteiger partial charge in [0.2, 0.25) is 0 Å². The Labute approximate surface area is 58.9 Å². The topological polar surface area (TPSA) is 36.7 Å². The zero-order chi connectivity index (χ0) is 5.98. The van der Waals surface area contributed by atoms with Crippen molar-refractivity contribution in [1.29, 1.82) is 5.26 Å². The molecular weight excluding hydrogens is 188 g/mol. The largest absolute Gasteiger partial charge is 0.236 e. The maximum absolute atomic E-state index is 8.25. The molecule has 0 spiro atoms. The Hall–Kier alpha value is -0.400. The van der Waals surface area contributed by atoms with Crippen LogP contribution in [0.3, 0.4) is 0 Å². The Morgan fingerprint density at radius 1 is 1.88 bits per heavy atom. The van der Waals surface area contributed by atoms with Crippen LogP contribution in [0.4, 0.5) is 0 Å². The number of hydrogen-bond donors (Lipinski definition) is 0. The van der Waals surface area contributed by atoms with Crippen molar-refractivity contribution >= 4 is 27.3 Å². The highest BCUT2D eigenvalue weighted by Crippen LogP contribution is 2.16. The van der Waals surface area contributed by atoms with Gasteiger partial charge < -0.3 is 0 Å². The minimum atomic E-state index is 0.636. The number of thiazole rings is 1. The van der Waals surface area contributed by atoms with E-state index < -0.39 is 0 Å². The van der Waals surface area contributed by atoms with Gasteiger partial charge >= 0.3 is 0 Å². The van der Waals surface area contributed by atoms with Gasteiger partial charge in [-0.05, 0) is 15.9 Å². The molecule has 0 atom stereocenters. The first-order valence-electron chi connectivity index (χ1n) is 1.84. The van der Waals surface area contributed by atoms with Gasteiger partial charge in [0.1, 0.15) is 10.9 Å². The Bertz CT molecular complexity index is 224. The highest BCUT2D eigenvalue weighted by molar-refractivity contribution is 9.11. The zero-order valence-electron chi connectivity index (χ0n) is 3.76. The molecule has 0 saturated carbocycles. The lowest BCUT2D eigenvalue weighted by molar-refractivity contribution is 1.37. The summed E-state index contributed by atoms with van der Waals surface area (Å²) in [6.45, 7) is 0. The number of nitriles is 1. The van der Waals surface area contributed by atoms with E-state index in [-0.39, 0.29) is 0 Å². The summed E-state index contributed by atoms with van der Waals surface area (Å²) in [5.74, 6) is 0. The van der Waals surface area contributed by atoms with Crippen molar-refractivity contribution in [2.75, 3.05) is 0 Å². The fourth-order valence-electron chi connectivity index (χ4n) is 0.305. The lowest BCUT2D eigenvalue weighted by atomic mass is 10.6. The van der Waals surface area contributed by atoms with E-state index in [2.05, 4.69) is 20.9 Å². The van der Waals surface area contributed by atoms with E-state index >= 15 is 0 Å². The molecule has 40 valence electrons. The third-order valence-electron chi connectivity index (χ3n) is 0.588. The molecule has 0 aliphatic carbocycles. The van der Waals surface area contributed by atoms with Crippen molar-refractivity contribution < 1.29 is 0 Å². The Kier molecular flexibility index (Phi) is 1.61. The normalized spacial score (nSPS) is 8.50. The molecule has 0 N–H and O–H groups in total. The number of nitrogens with zero attached hydrogens (tertiary/aromatic N) is 2. The molecule has 4 heteroatoms. The van der Waals surface area contributed by atoms with Crippen molar-refractivity contribution in [3.05, 3.63) is 15.0 Å². The molecule has 0 aromatic carbocycles. The molecule has 0 unspecified atom stereocenters. The predicted molar refractivity (Wildman–Crippen MR) is 34.5 cm³/mol. The van der Waals surface area contributed by atoms with Crippen LogP contribution in [0.5, 0.6) is 0 Å². The maximum atomic E-state index is 8.25. The highest BCUT2D eigenvalue weighted by Gasteiger charge is 1.93. The molecule has 0 amide bonds. The van der Waals surface area contributed by atoms with Crippen LogP contribution in [-0.2, 0) is 0 Å². The average Bonchev–Trinajstić information content (AvgIpc) is 2.14. The minimum Gasteiger partial charge on any atom is -0.236 e. The first-order valence-corrected chi connectivity index (χ1v) is 3.45. The molecule has 0 fully saturated rings. The SMILES string of the molecule is N#Cc1cnc(Br)s1. The molecule has 1 rings (SSSR count). The standard InChI is InChI=1S/C4HBrN2S/c5-4-7-2-3(1-6)8-4/h2H. The summed E-state index contributed by atoms with van der Waals surface area (Å²) in [5.41, 5.74) is 0. The fourth-order valence-corrected chi connectivity index (χ4v) is 1.37. The summed E-state index contributed by atoms with van der Waals surface area (Å²) in [6, 6.07) is 1.97. The molecule has 0 saturated heterocycles. The maximum Gasteiger partial charge on any atom is 0.160 e. The van der Waals surface area contributed by atoms with Crippen molar-refractivity contribution in [3.63, 3.8) is 0 Å². The number of rotatable bonds is 0. The van der Waals surface area contributed by atoms with E-state index in [4.69, 9.17) is 5.26 Å². The van der Waals surface area contributed by atoms with E-state index in [0.717, 1.165) is 3.92 Å². The first-order chi connectivity index (χ1) is 3.83. The Balaban J connectivity index is 3.05. The quantitative estimate of drug-likeness (QED) is 0.623. The van der Waals surface area contributed by atoms with Gasteiger partial charge in [0.05, 0.1) is 6.20 Å². The Morgan fingerprint density at radius 3 is 2.88 bits per heavy atom. The van der Waals surface area contributed by atoms with Gasteiger partial charge in [0.25, 0.3) is 0 Å². The second-order valence-electron chi connectivity index (χ2n) is 1.09. The third-order valence-corrected chi connectivity index (χ3v) is 1.97. The van der Waals surface area contributed by atoms with Crippen LogP contribution in [0.25, 0.3) is 0 Å². The van der Waals surface area contributed by atoms with Gasteiger partial charge in [-0.1, -0.05) is 11.3 Å². The Morgan fingerprint density at radius 2 is 2.62 bits per heavy atom. The smallest absolute Gasteiger partial charge is 0.160 e. The van der Waals surface area contributed by atoms with Gasteiger partial charge in [0.15, 0.2) is 3.92 Å². The summed E-state index contributed by atoms with van der Waals surface area (Å²) in [4.78, 5) is 4.44. The fraction of sp³-hybridized carbons (Fsp3) is 0. The molecule has 8 heavy (non-hydrogen) atoms. The van der Waals surface area contributed by atoms with E-state index in [1.807, 2.05) is 6.07 Å². The molecule has 0 bridgehead atoms. The molecule has 1 aromatic rings. The van der Waals surface area contributed by atoms with Crippen LogP contribution in [0.2, 0.25) is 0 Å². The first kappa shape index (κ1) is 5.73. The number of hydrogen-bond acceptors (Lipinski definition) is 3. The van der Waals surface area contributed by atoms with E-state index in [1.165, 1.54) is 17.5 Å². The molecule has 0 radical (unpaired) electrons. The monoisotopic (exact) mass is 188 g/mol. The van der Waals surface area contributed by atoms with Crippen molar-refractivity contribution in [3.8, 4) is 6.07 Å². The van der Waals surface area contributed by atoms with Gasteiger partial charge in [-0.15, -0.1) is 0 Å². The summed E-state index contributed by atoms with van der Waals surface area (Å²) >= 11 is 4.46. The number of halogens is 1. The summed E-state index contributed by atoms with van der Waals surface area (Å²) in [6.07, 6.45) is 1.54. The van der Waals surface area contributed by atoms with Crippen molar-refractivity contribution in [2.24, 2.45) is 0 Å². The van der Waals surface area contributed by atoms with Crippen LogP contribution in [0, 0.1) is 11.3 Å². The molecule has 0 aliphatic rings. The van der Waals surface area contributed by atoms with E-state index in [1.54, 1.807) is 0 Å². The second-order valence-corrected chi connectivity index (χ2v) is 3.40. The van der Waals surface area contributed by atoms with Crippen molar-refractivity contribution in [2.45, 2.75) is 0 Å². The molecule has 1 heterocycles.